The van der Waals surface area contributed by atoms with E-state index in [9.17, 15) is 4.79 Å². The Kier molecular flexibility index (Phi) is 5.54. The fourth-order valence-corrected chi connectivity index (χ4v) is 3.85. The van der Waals surface area contributed by atoms with Gasteiger partial charge >= 0.3 is 6.03 Å². The second kappa shape index (κ2) is 8.24. The van der Waals surface area contributed by atoms with Crippen molar-refractivity contribution >= 4 is 6.03 Å². The second-order valence-corrected chi connectivity index (χ2v) is 7.54. The number of hydrogen-bond acceptors (Lipinski definition) is 6. The number of carbonyl (C=O) groups is 1. The molecule has 4 rings (SSSR count). The van der Waals surface area contributed by atoms with Crippen LogP contribution in [0.3, 0.4) is 0 Å². The van der Waals surface area contributed by atoms with Gasteiger partial charge in [0.1, 0.15) is 11.3 Å². The van der Waals surface area contributed by atoms with E-state index in [4.69, 9.17) is 4.74 Å². The molecule has 1 saturated heterocycles. The molecule has 9 nitrogen and oxygen atoms in total. The monoisotopic (exact) mass is 385 g/mol. The van der Waals surface area contributed by atoms with Crippen LogP contribution in [0.2, 0.25) is 0 Å². The molecule has 2 aromatic heterocycles. The fraction of sp³-hybridized carbons (Fsp3) is 0.579. The van der Waals surface area contributed by atoms with Gasteiger partial charge in [0.2, 0.25) is 0 Å². The Bertz CT molecular complexity index is 810. The number of nitrogens with zero attached hydrogens (tertiary/aromatic N) is 5. The first-order valence-corrected chi connectivity index (χ1v) is 9.85. The van der Waals surface area contributed by atoms with Crippen LogP contribution in [0, 0.1) is 0 Å². The Morgan fingerprint density at radius 2 is 2.14 bits per heavy atom. The van der Waals surface area contributed by atoms with Crippen LogP contribution in [-0.4, -0.2) is 56.1 Å². The third kappa shape index (κ3) is 4.15. The van der Waals surface area contributed by atoms with Gasteiger partial charge in [0.15, 0.2) is 0 Å². The molecule has 28 heavy (non-hydrogen) atoms. The second-order valence-electron chi connectivity index (χ2n) is 7.54. The first-order valence-electron chi connectivity index (χ1n) is 9.85. The lowest BCUT2D eigenvalue weighted by atomic mass is 10.0. The summed E-state index contributed by atoms with van der Waals surface area (Å²) in [6.07, 6.45) is 5.55. The van der Waals surface area contributed by atoms with E-state index in [1.54, 1.807) is 0 Å². The van der Waals surface area contributed by atoms with Crippen molar-refractivity contribution in [2.24, 2.45) is 0 Å². The van der Waals surface area contributed by atoms with Crippen molar-refractivity contribution in [1.82, 2.24) is 35.5 Å². The van der Waals surface area contributed by atoms with Crippen LogP contribution >= 0.6 is 0 Å². The summed E-state index contributed by atoms with van der Waals surface area (Å²) in [6, 6.07) is 3.93. The predicted molar refractivity (Wildman–Crippen MR) is 102 cm³/mol. The minimum absolute atomic E-state index is 0.181. The molecule has 2 N–H and O–H groups in total. The minimum Gasteiger partial charge on any atom is -0.365 e. The Hall–Kier alpha value is -2.52. The van der Waals surface area contributed by atoms with Crippen molar-refractivity contribution in [2.45, 2.75) is 51.6 Å². The van der Waals surface area contributed by atoms with Crippen LogP contribution in [0.25, 0.3) is 0 Å². The van der Waals surface area contributed by atoms with Crippen molar-refractivity contribution in [3.05, 3.63) is 41.5 Å². The molecule has 0 saturated carbocycles. The van der Waals surface area contributed by atoms with E-state index < -0.39 is 0 Å². The molecule has 2 aromatic rings. The number of urea groups is 1. The summed E-state index contributed by atoms with van der Waals surface area (Å²) in [7, 11) is 0. The van der Waals surface area contributed by atoms with Crippen molar-refractivity contribution in [3.8, 4) is 0 Å². The third-order valence-corrected chi connectivity index (χ3v) is 5.37. The highest BCUT2D eigenvalue weighted by Crippen LogP contribution is 2.33. The van der Waals surface area contributed by atoms with E-state index >= 15 is 0 Å². The van der Waals surface area contributed by atoms with Gasteiger partial charge in [0.05, 0.1) is 25.4 Å². The normalized spacial score (nSPS) is 21.6. The summed E-state index contributed by atoms with van der Waals surface area (Å²) in [5.74, 6) is 0. The van der Waals surface area contributed by atoms with Gasteiger partial charge in [-0.15, -0.1) is 5.10 Å². The van der Waals surface area contributed by atoms with Gasteiger partial charge in [-0.25, -0.2) is 9.48 Å². The molecule has 1 unspecified atom stereocenters. The number of aromatic nitrogens is 4. The highest BCUT2D eigenvalue weighted by atomic mass is 16.5. The number of nitrogens with one attached hydrogen (secondary N) is 2. The number of likely N-dealkylation sites (tertiary alicyclic amines) is 1. The molecule has 2 aliphatic heterocycles. The molecule has 1 atom stereocenters. The van der Waals surface area contributed by atoms with E-state index in [0.717, 1.165) is 43.9 Å². The standard InChI is InChI=1S/C19H27N7O2/c1-2-6-21-18(27)22-10-16-17-12-28-19(14-26(17)24-23-16)5-9-25(13-19)11-15-3-7-20-8-4-15/h3-4,7-8H,2,5-6,9-14H2,1H3,(H2,21,22,27). The maximum Gasteiger partial charge on any atom is 0.315 e. The number of rotatable bonds is 6. The summed E-state index contributed by atoms with van der Waals surface area (Å²) in [6.45, 7) is 6.99. The van der Waals surface area contributed by atoms with E-state index in [-0.39, 0.29) is 11.6 Å². The zero-order chi connectivity index (χ0) is 19.4. The molecule has 0 aliphatic carbocycles. The van der Waals surface area contributed by atoms with E-state index in [0.29, 0.717) is 26.2 Å². The topological polar surface area (TPSA) is 97.2 Å². The molecule has 1 spiro atoms. The molecule has 0 bridgehead atoms. The van der Waals surface area contributed by atoms with Gasteiger partial charge < -0.3 is 15.4 Å². The average molecular weight is 385 g/mol. The van der Waals surface area contributed by atoms with Crippen molar-refractivity contribution in [1.29, 1.82) is 0 Å². The molecule has 1 fully saturated rings. The minimum atomic E-state index is -0.211. The van der Waals surface area contributed by atoms with Crippen LogP contribution in [0.5, 0.6) is 0 Å². The first kappa shape index (κ1) is 18.8. The summed E-state index contributed by atoms with van der Waals surface area (Å²) in [5, 5.41) is 14.2. The number of amides is 2. The molecule has 150 valence electrons. The summed E-state index contributed by atoms with van der Waals surface area (Å²) >= 11 is 0. The maximum atomic E-state index is 11.7. The SMILES string of the molecule is CCCNC(=O)NCc1nnn2c1COC1(CCN(Cc3ccncc3)C1)C2. The smallest absolute Gasteiger partial charge is 0.315 e. The highest BCUT2D eigenvalue weighted by molar-refractivity contribution is 5.73. The van der Waals surface area contributed by atoms with Crippen LogP contribution in [0.4, 0.5) is 4.79 Å². The Labute approximate surface area is 164 Å². The molecule has 0 radical (unpaired) electrons. The summed E-state index contributed by atoms with van der Waals surface area (Å²) in [4.78, 5) is 18.2. The number of ether oxygens (including phenoxy) is 1. The van der Waals surface area contributed by atoms with Crippen molar-refractivity contribution < 1.29 is 9.53 Å². The van der Waals surface area contributed by atoms with Gasteiger partial charge in [0, 0.05) is 38.6 Å². The van der Waals surface area contributed by atoms with E-state index in [1.807, 2.05) is 24.0 Å². The van der Waals surface area contributed by atoms with Gasteiger partial charge in [0.25, 0.3) is 0 Å². The summed E-state index contributed by atoms with van der Waals surface area (Å²) in [5.41, 5.74) is 2.78. The van der Waals surface area contributed by atoms with E-state index in [1.165, 1.54) is 5.56 Å². The fourth-order valence-electron chi connectivity index (χ4n) is 3.85. The lowest BCUT2D eigenvalue weighted by Crippen LogP contribution is -2.44. The van der Waals surface area contributed by atoms with Crippen LogP contribution in [-0.2, 0) is 31.0 Å². The average Bonchev–Trinajstić information content (AvgIpc) is 3.29. The molecule has 4 heterocycles. The third-order valence-electron chi connectivity index (χ3n) is 5.37. The highest BCUT2D eigenvalue weighted by Gasteiger charge is 2.43. The van der Waals surface area contributed by atoms with Crippen molar-refractivity contribution in [2.75, 3.05) is 19.6 Å². The van der Waals surface area contributed by atoms with Gasteiger partial charge in [-0.2, -0.15) is 0 Å². The van der Waals surface area contributed by atoms with Crippen LogP contribution in [0.1, 0.15) is 36.7 Å². The number of pyridine rings is 1. The zero-order valence-corrected chi connectivity index (χ0v) is 16.2. The molecule has 9 heteroatoms. The lowest BCUT2D eigenvalue weighted by Gasteiger charge is -2.34. The largest absolute Gasteiger partial charge is 0.365 e. The summed E-state index contributed by atoms with van der Waals surface area (Å²) < 4.78 is 8.25. The number of fused-ring (bicyclic) bond motifs is 1. The number of hydrogen-bond donors (Lipinski definition) is 2. The van der Waals surface area contributed by atoms with Crippen molar-refractivity contribution in [3.63, 3.8) is 0 Å². The molecule has 2 amide bonds. The molecule has 0 aromatic carbocycles. The van der Waals surface area contributed by atoms with Gasteiger partial charge in [-0.1, -0.05) is 12.1 Å². The van der Waals surface area contributed by atoms with Crippen LogP contribution in [0.15, 0.2) is 24.5 Å². The molecular weight excluding hydrogens is 358 g/mol. The van der Waals surface area contributed by atoms with Crippen LogP contribution < -0.4 is 10.6 Å². The lowest BCUT2D eigenvalue weighted by molar-refractivity contribution is -0.0845. The number of carbonyl (C=O) groups excluding carboxylic acids is 1. The zero-order valence-electron chi connectivity index (χ0n) is 16.2. The van der Waals surface area contributed by atoms with E-state index in [2.05, 4.69) is 43.0 Å². The maximum absolute atomic E-state index is 11.7. The quantitative estimate of drug-likeness (QED) is 0.772. The Morgan fingerprint density at radius 3 is 2.96 bits per heavy atom. The van der Waals surface area contributed by atoms with Gasteiger partial charge in [-0.05, 0) is 30.5 Å². The predicted octanol–water partition coefficient (Wildman–Crippen LogP) is 1.06. The van der Waals surface area contributed by atoms with Gasteiger partial charge in [-0.3, -0.25) is 9.88 Å². The Balaban J connectivity index is 1.34. The first-order chi connectivity index (χ1) is 13.7. The molecule has 2 aliphatic rings. The molecular formula is C19H27N7O2. The Morgan fingerprint density at radius 1 is 1.29 bits per heavy atom.